The van der Waals surface area contributed by atoms with Gasteiger partial charge in [-0.3, -0.25) is 4.79 Å². The Kier molecular flexibility index (Phi) is 4.80. The van der Waals surface area contributed by atoms with Gasteiger partial charge in [-0.2, -0.15) is 0 Å². The van der Waals surface area contributed by atoms with Crippen molar-refractivity contribution < 1.29 is 4.79 Å². The van der Waals surface area contributed by atoms with Gasteiger partial charge in [0.15, 0.2) is 0 Å². The van der Waals surface area contributed by atoms with Gasteiger partial charge in [0.25, 0.3) is 0 Å². The number of hydrogen-bond acceptors (Lipinski definition) is 1. The summed E-state index contributed by atoms with van der Waals surface area (Å²) in [5, 5.41) is 5.31. The Hall–Kier alpha value is -1.54. The van der Waals surface area contributed by atoms with E-state index in [1.807, 2.05) is 31.2 Å². The zero-order chi connectivity index (χ0) is 13.7. The molecule has 2 aromatic carbocycles. The standard InChI is InChI=1S/C16H18ClNO/c1-12(17)9-10-18-16(19)11-14-7-4-6-13-5-2-3-8-15(13)14/h2-8,12H,9-11H2,1H3,(H,18,19). The molecule has 0 aromatic heterocycles. The van der Waals surface area contributed by atoms with Gasteiger partial charge in [-0.1, -0.05) is 42.5 Å². The Morgan fingerprint density at radius 3 is 2.74 bits per heavy atom. The van der Waals surface area contributed by atoms with E-state index in [0.717, 1.165) is 17.4 Å². The van der Waals surface area contributed by atoms with Crippen molar-refractivity contribution in [2.24, 2.45) is 0 Å². The van der Waals surface area contributed by atoms with Crippen molar-refractivity contribution in [3.8, 4) is 0 Å². The molecule has 1 atom stereocenters. The first-order valence-corrected chi connectivity index (χ1v) is 6.98. The summed E-state index contributed by atoms with van der Waals surface area (Å²) < 4.78 is 0. The van der Waals surface area contributed by atoms with Crippen LogP contribution in [0.2, 0.25) is 0 Å². The van der Waals surface area contributed by atoms with Gasteiger partial charge < -0.3 is 5.32 Å². The lowest BCUT2D eigenvalue weighted by atomic mass is 10.0. The first kappa shape index (κ1) is 13.9. The largest absolute Gasteiger partial charge is 0.356 e. The number of hydrogen-bond donors (Lipinski definition) is 1. The van der Waals surface area contributed by atoms with E-state index in [0.29, 0.717) is 13.0 Å². The van der Waals surface area contributed by atoms with Crippen LogP contribution in [0, 0.1) is 0 Å². The maximum Gasteiger partial charge on any atom is 0.224 e. The van der Waals surface area contributed by atoms with Gasteiger partial charge in [0, 0.05) is 11.9 Å². The number of carbonyl (C=O) groups is 1. The Labute approximate surface area is 118 Å². The van der Waals surface area contributed by atoms with Gasteiger partial charge in [0.2, 0.25) is 5.91 Å². The van der Waals surface area contributed by atoms with Crippen LogP contribution in [0.3, 0.4) is 0 Å². The van der Waals surface area contributed by atoms with Crippen LogP contribution in [-0.2, 0) is 11.2 Å². The minimum atomic E-state index is 0.0497. The van der Waals surface area contributed by atoms with Crippen molar-refractivity contribution >= 4 is 28.3 Å². The molecule has 0 saturated heterocycles. The molecule has 100 valence electrons. The number of carbonyl (C=O) groups excluding carboxylic acids is 1. The molecule has 0 heterocycles. The molecule has 0 aliphatic heterocycles. The summed E-state index contributed by atoms with van der Waals surface area (Å²) in [6.07, 6.45) is 1.21. The maximum atomic E-state index is 11.9. The molecule has 3 heteroatoms. The quantitative estimate of drug-likeness (QED) is 0.831. The highest BCUT2D eigenvalue weighted by molar-refractivity contribution is 6.20. The molecule has 0 saturated carbocycles. The SMILES string of the molecule is CC(Cl)CCNC(=O)Cc1cccc2ccccc12. The number of rotatable bonds is 5. The molecule has 1 amide bonds. The van der Waals surface area contributed by atoms with Gasteiger partial charge >= 0.3 is 0 Å². The molecule has 0 aliphatic carbocycles. The third-order valence-corrected chi connectivity index (χ3v) is 3.31. The number of halogens is 1. The summed E-state index contributed by atoms with van der Waals surface area (Å²) in [7, 11) is 0. The van der Waals surface area contributed by atoms with E-state index < -0.39 is 0 Å². The summed E-state index contributed by atoms with van der Waals surface area (Å²) >= 11 is 5.85. The number of nitrogens with one attached hydrogen (secondary N) is 1. The normalized spacial score (nSPS) is 12.3. The monoisotopic (exact) mass is 275 g/mol. The number of alkyl halides is 1. The molecular weight excluding hydrogens is 258 g/mol. The van der Waals surface area contributed by atoms with Crippen LogP contribution in [-0.4, -0.2) is 17.8 Å². The summed E-state index contributed by atoms with van der Waals surface area (Å²) in [4.78, 5) is 11.9. The van der Waals surface area contributed by atoms with E-state index in [-0.39, 0.29) is 11.3 Å². The smallest absolute Gasteiger partial charge is 0.224 e. The lowest BCUT2D eigenvalue weighted by molar-refractivity contribution is -0.120. The molecule has 0 fully saturated rings. The fourth-order valence-corrected chi connectivity index (χ4v) is 2.20. The first-order chi connectivity index (χ1) is 9.16. The minimum Gasteiger partial charge on any atom is -0.356 e. The molecule has 1 unspecified atom stereocenters. The highest BCUT2D eigenvalue weighted by Crippen LogP contribution is 2.18. The van der Waals surface area contributed by atoms with Crippen LogP contribution < -0.4 is 5.32 Å². The maximum absolute atomic E-state index is 11.9. The molecule has 19 heavy (non-hydrogen) atoms. The predicted molar refractivity (Wildman–Crippen MR) is 80.6 cm³/mol. The number of amides is 1. The van der Waals surface area contributed by atoms with Crippen molar-refractivity contribution in [2.75, 3.05) is 6.54 Å². The molecule has 0 bridgehead atoms. The lowest BCUT2D eigenvalue weighted by Crippen LogP contribution is -2.27. The number of benzene rings is 2. The Morgan fingerprint density at radius 2 is 1.95 bits per heavy atom. The fraction of sp³-hybridized carbons (Fsp3) is 0.312. The van der Waals surface area contributed by atoms with Gasteiger partial charge in [0.1, 0.15) is 0 Å². The van der Waals surface area contributed by atoms with E-state index in [9.17, 15) is 4.79 Å². The van der Waals surface area contributed by atoms with Crippen LogP contribution in [0.5, 0.6) is 0 Å². The van der Waals surface area contributed by atoms with E-state index in [1.54, 1.807) is 0 Å². The van der Waals surface area contributed by atoms with E-state index in [4.69, 9.17) is 11.6 Å². The van der Waals surface area contributed by atoms with Gasteiger partial charge in [-0.05, 0) is 29.7 Å². The summed E-state index contributed by atoms with van der Waals surface area (Å²) in [5.74, 6) is 0.0497. The van der Waals surface area contributed by atoms with Crippen molar-refractivity contribution in [3.63, 3.8) is 0 Å². The summed E-state index contributed by atoms with van der Waals surface area (Å²) in [5.41, 5.74) is 1.06. The second-order valence-corrected chi connectivity index (χ2v) is 5.48. The van der Waals surface area contributed by atoms with Gasteiger partial charge in [-0.25, -0.2) is 0 Å². The molecular formula is C16H18ClNO. The fourth-order valence-electron chi connectivity index (χ4n) is 2.09. The van der Waals surface area contributed by atoms with E-state index >= 15 is 0 Å². The van der Waals surface area contributed by atoms with Gasteiger partial charge in [-0.15, -0.1) is 11.6 Å². The Bertz CT molecular complexity index is 560. The Balaban J connectivity index is 2.03. The minimum absolute atomic E-state index is 0.0497. The average Bonchev–Trinajstić information content (AvgIpc) is 2.39. The highest BCUT2D eigenvalue weighted by atomic mass is 35.5. The van der Waals surface area contributed by atoms with Gasteiger partial charge in [0.05, 0.1) is 6.42 Å². The van der Waals surface area contributed by atoms with Crippen LogP contribution >= 0.6 is 11.6 Å². The summed E-state index contributed by atoms with van der Waals surface area (Å²) in [6.45, 7) is 2.56. The topological polar surface area (TPSA) is 29.1 Å². The Morgan fingerprint density at radius 1 is 1.21 bits per heavy atom. The third-order valence-electron chi connectivity index (χ3n) is 3.10. The van der Waals surface area contributed by atoms with E-state index in [2.05, 4.69) is 23.5 Å². The zero-order valence-corrected chi connectivity index (χ0v) is 11.8. The second-order valence-electron chi connectivity index (χ2n) is 4.73. The van der Waals surface area contributed by atoms with Crippen LogP contribution in [0.25, 0.3) is 10.8 Å². The van der Waals surface area contributed by atoms with Crippen LogP contribution in [0.4, 0.5) is 0 Å². The zero-order valence-electron chi connectivity index (χ0n) is 11.0. The lowest BCUT2D eigenvalue weighted by Gasteiger charge is -2.08. The van der Waals surface area contributed by atoms with Crippen molar-refractivity contribution in [2.45, 2.75) is 25.1 Å². The van der Waals surface area contributed by atoms with E-state index in [1.165, 1.54) is 5.39 Å². The highest BCUT2D eigenvalue weighted by Gasteiger charge is 2.06. The van der Waals surface area contributed by atoms with Crippen LogP contribution in [0.15, 0.2) is 42.5 Å². The summed E-state index contributed by atoms with van der Waals surface area (Å²) in [6, 6.07) is 14.2. The third kappa shape index (κ3) is 3.97. The number of fused-ring (bicyclic) bond motifs is 1. The molecule has 0 aliphatic rings. The molecule has 1 N–H and O–H groups in total. The molecule has 2 rings (SSSR count). The molecule has 0 radical (unpaired) electrons. The molecule has 0 spiro atoms. The van der Waals surface area contributed by atoms with Crippen LogP contribution in [0.1, 0.15) is 18.9 Å². The van der Waals surface area contributed by atoms with Crippen molar-refractivity contribution in [1.82, 2.24) is 5.32 Å². The van der Waals surface area contributed by atoms with Crippen molar-refractivity contribution in [1.29, 1.82) is 0 Å². The predicted octanol–water partition coefficient (Wildman–Crippen LogP) is 3.52. The average molecular weight is 276 g/mol. The molecule has 2 aromatic rings. The first-order valence-electron chi connectivity index (χ1n) is 6.54. The molecule has 2 nitrogen and oxygen atoms in total. The van der Waals surface area contributed by atoms with Crippen molar-refractivity contribution in [3.05, 3.63) is 48.0 Å². The second kappa shape index (κ2) is 6.58.